The summed E-state index contributed by atoms with van der Waals surface area (Å²) in [6, 6.07) is 13.2. The van der Waals surface area contributed by atoms with Crippen molar-refractivity contribution in [3.8, 4) is 5.69 Å². The lowest BCUT2D eigenvalue weighted by Crippen LogP contribution is -2.22. The van der Waals surface area contributed by atoms with E-state index in [1.165, 1.54) is 0 Å². The molecule has 0 aliphatic carbocycles. The van der Waals surface area contributed by atoms with E-state index in [4.69, 9.17) is 0 Å². The third-order valence-corrected chi connectivity index (χ3v) is 3.55. The Hall–Kier alpha value is -3.49. The third-order valence-electron chi connectivity index (χ3n) is 3.55. The van der Waals surface area contributed by atoms with Gasteiger partial charge in [0.2, 0.25) is 5.95 Å². The third kappa shape index (κ3) is 4.32. The number of hydrogen-bond acceptors (Lipinski definition) is 7. The lowest BCUT2D eigenvalue weighted by Gasteiger charge is -2.09. The van der Waals surface area contributed by atoms with Crippen LogP contribution in [0.15, 0.2) is 48.7 Å². The van der Waals surface area contributed by atoms with Gasteiger partial charge in [-0.2, -0.15) is 4.68 Å². The van der Waals surface area contributed by atoms with E-state index < -0.39 is 0 Å². The largest absolute Gasteiger partial charge is 0.368 e. The minimum Gasteiger partial charge on any atom is -0.368 e. The number of nitrogens with one attached hydrogen (secondary N) is 3. The van der Waals surface area contributed by atoms with Gasteiger partial charge >= 0.3 is 0 Å². The van der Waals surface area contributed by atoms with Gasteiger partial charge in [-0.1, -0.05) is 23.3 Å². The highest BCUT2D eigenvalue weighted by molar-refractivity contribution is 5.93. The van der Waals surface area contributed by atoms with Gasteiger partial charge in [0.05, 0.1) is 11.3 Å². The van der Waals surface area contributed by atoms with Crippen molar-refractivity contribution in [2.45, 2.75) is 6.92 Å². The number of carbonyl (C=O) groups excluding carboxylic acids is 1. The van der Waals surface area contributed by atoms with Gasteiger partial charge in [0.25, 0.3) is 5.91 Å². The first-order valence-electron chi connectivity index (χ1n) is 8.33. The summed E-state index contributed by atoms with van der Waals surface area (Å²) in [5.41, 5.74) is 1.42. The maximum atomic E-state index is 11.7. The number of pyridine rings is 1. The fourth-order valence-electron chi connectivity index (χ4n) is 2.30. The summed E-state index contributed by atoms with van der Waals surface area (Å²) in [5.74, 6) is 1.14. The molecule has 0 bridgehead atoms. The number of aromatic nitrogens is 5. The number of carbonyl (C=O) groups is 1. The molecule has 2 aromatic heterocycles. The topological polar surface area (TPSA) is 110 Å². The first-order valence-corrected chi connectivity index (χ1v) is 8.33. The van der Waals surface area contributed by atoms with Crippen LogP contribution >= 0.6 is 0 Å². The zero-order valence-electron chi connectivity index (χ0n) is 14.4. The number of benzene rings is 1. The summed E-state index contributed by atoms with van der Waals surface area (Å²) in [4.78, 5) is 15.9. The van der Waals surface area contributed by atoms with Crippen molar-refractivity contribution >= 4 is 17.7 Å². The molecule has 1 amide bonds. The van der Waals surface area contributed by atoms with E-state index >= 15 is 0 Å². The number of rotatable bonds is 8. The van der Waals surface area contributed by atoms with E-state index in [1.54, 1.807) is 23.0 Å². The van der Waals surface area contributed by atoms with Gasteiger partial charge in [0, 0.05) is 25.8 Å². The summed E-state index contributed by atoms with van der Waals surface area (Å²) in [5, 5.41) is 20.8. The molecule has 3 rings (SSSR count). The lowest BCUT2D eigenvalue weighted by atomic mass is 10.2. The van der Waals surface area contributed by atoms with E-state index in [2.05, 4.69) is 36.5 Å². The van der Waals surface area contributed by atoms with E-state index in [9.17, 15) is 4.79 Å². The van der Waals surface area contributed by atoms with Crippen LogP contribution in [-0.2, 0) is 0 Å². The Kier molecular flexibility index (Phi) is 5.71. The molecule has 0 saturated heterocycles. The van der Waals surface area contributed by atoms with Crippen LogP contribution in [-0.4, -0.2) is 50.7 Å². The normalized spacial score (nSPS) is 10.3. The van der Waals surface area contributed by atoms with E-state index in [0.717, 1.165) is 5.69 Å². The predicted molar refractivity (Wildman–Crippen MR) is 98.4 cm³/mol. The monoisotopic (exact) mass is 352 g/mol. The first kappa shape index (κ1) is 17.3. The van der Waals surface area contributed by atoms with Gasteiger partial charge in [-0.05, 0) is 41.6 Å². The molecule has 9 nitrogen and oxygen atoms in total. The molecule has 2 heterocycles. The van der Waals surface area contributed by atoms with Crippen LogP contribution in [0.4, 0.5) is 11.8 Å². The Morgan fingerprint density at radius 2 is 1.88 bits per heavy atom. The highest BCUT2D eigenvalue weighted by Crippen LogP contribution is 2.10. The second-order valence-electron chi connectivity index (χ2n) is 5.39. The molecule has 1 aromatic carbocycles. The number of amides is 1. The number of para-hydroxylation sites is 1. The Bertz CT molecular complexity index is 831. The smallest absolute Gasteiger partial charge is 0.252 e. The van der Waals surface area contributed by atoms with Gasteiger partial charge in [0.15, 0.2) is 0 Å². The second-order valence-corrected chi connectivity index (χ2v) is 5.39. The molecular formula is C17H20N8O. The molecule has 0 unspecified atom stereocenters. The number of hydrogen-bond donors (Lipinski definition) is 3. The van der Waals surface area contributed by atoms with Crippen molar-refractivity contribution in [2.24, 2.45) is 0 Å². The molecule has 3 N–H and O–H groups in total. The Labute approximate surface area is 150 Å². The number of nitrogens with zero attached hydrogens (tertiary/aromatic N) is 5. The molecule has 0 fully saturated rings. The highest BCUT2D eigenvalue weighted by Gasteiger charge is 2.07. The van der Waals surface area contributed by atoms with Crippen molar-refractivity contribution in [2.75, 3.05) is 30.3 Å². The molecular weight excluding hydrogens is 332 g/mol. The van der Waals surface area contributed by atoms with Gasteiger partial charge < -0.3 is 16.0 Å². The van der Waals surface area contributed by atoms with Crippen LogP contribution in [0, 0.1) is 0 Å². The van der Waals surface area contributed by atoms with Gasteiger partial charge in [-0.15, -0.1) is 0 Å². The van der Waals surface area contributed by atoms with Crippen LogP contribution in [0.5, 0.6) is 0 Å². The average Bonchev–Trinajstić information content (AvgIpc) is 3.15. The fourth-order valence-corrected chi connectivity index (χ4v) is 2.30. The van der Waals surface area contributed by atoms with E-state index in [0.29, 0.717) is 37.0 Å². The molecule has 3 aromatic rings. The summed E-state index contributed by atoms with van der Waals surface area (Å²) >= 11 is 0. The highest BCUT2D eigenvalue weighted by atomic mass is 16.1. The molecule has 0 spiro atoms. The summed E-state index contributed by atoms with van der Waals surface area (Å²) < 4.78 is 1.64. The van der Waals surface area contributed by atoms with Gasteiger partial charge in [-0.3, -0.25) is 4.79 Å². The fraction of sp³-hybridized carbons (Fsp3) is 0.235. The molecule has 0 saturated carbocycles. The van der Waals surface area contributed by atoms with Crippen molar-refractivity contribution in [1.82, 2.24) is 30.5 Å². The SMILES string of the molecule is CCNC(=O)c1ccc(NCCNc2nnnn2-c2ccccc2)nc1. The average molecular weight is 352 g/mol. The van der Waals surface area contributed by atoms with Crippen LogP contribution in [0.25, 0.3) is 5.69 Å². The van der Waals surface area contributed by atoms with Crippen LogP contribution in [0.3, 0.4) is 0 Å². The molecule has 134 valence electrons. The Morgan fingerprint density at radius 1 is 1.08 bits per heavy atom. The maximum absolute atomic E-state index is 11.7. The Balaban J connectivity index is 1.49. The maximum Gasteiger partial charge on any atom is 0.252 e. The molecule has 0 aliphatic heterocycles. The summed E-state index contributed by atoms with van der Waals surface area (Å²) in [7, 11) is 0. The second kappa shape index (κ2) is 8.56. The minimum absolute atomic E-state index is 0.124. The molecule has 0 radical (unpaired) electrons. The van der Waals surface area contributed by atoms with Gasteiger partial charge in [0.1, 0.15) is 5.82 Å². The van der Waals surface area contributed by atoms with E-state index in [-0.39, 0.29) is 5.91 Å². The predicted octanol–water partition coefficient (Wildman–Crippen LogP) is 1.33. The first-order chi connectivity index (χ1) is 12.8. The van der Waals surface area contributed by atoms with Crippen molar-refractivity contribution < 1.29 is 4.79 Å². The summed E-state index contributed by atoms with van der Waals surface area (Å²) in [6.45, 7) is 3.69. The van der Waals surface area contributed by atoms with Crippen molar-refractivity contribution in [3.05, 3.63) is 54.2 Å². The van der Waals surface area contributed by atoms with Gasteiger partial charge in [-0.25, -0.2) is 4.98 Å². The molecule has 0 atom stereocenters. The standard InChI is InChI=1S/C17H20N8O/c1-2-18-16(26)13-8-9-15(21-12-13)19-10-11-20-17-22-23-24-25(17)14-6-4-3-5-7-14/h3-9,12H,2,10-11H2,1H3,(H,18,26)(H,19,21)(H,20,22,24). The molecule has 26 heavy (non-hydrogen) atoms. The molecule has 0 aliphatic rings. The lowest BCUT2D eigenvalue weighted by molar-refractivity contribution is 0.0955. The van der Waals surface area contributed by atoms with E-state index in [1.807, 2.05) is 37.3 Å². The quantitative estimate of drug-likeness (QED) is 0.525. The minimum atomic E-state index is -0.124. The zero-order chi connectivity index (χ0) is 18.2. The van der Waals surface area contributed by atoms with Crippen LogP contribution in [0.2, 0.25) is 0 Å². The van der Waals surface area contributed by atoms with Crippen LogP contribution in [0.1, 0.15) is 17.3 Å². The summed E-state index contributed by atoms with van der Waals surface area (Å²) in [6.07, 6.45) is 1.55. The molecule has 9 heteroatoms. The zero-order valence-corrected chi connectivity index (χ0v) is 14.4. The van der Waals surface area contributed by atoms with Crippen molar-refractivity contribution in [3.63, 3.8) is 0 Å². The number of anilines is 2. The Morgan fingerprint density at radius 3 is 2.62 bits per heavy atom. The van der Waals surface area contributed by atoms with Crippen LogP contribution < -0.4 is 16.0 Å². The van der Waals surface area contributed by atoms with Crippen molar-refractivity contribution in [1.29, 1.82) is 0 Å². The number of tetrazole rings is 1.